The summed E-state index contributed by atoms with van der Waals surface area (Å²) in [6.07, 6.45) is 1.01. The second kappa shape index (κ2) is 11.3. The Bertz CT molecular complexity index is 987. The van der Waals surface area contributed by atoms with Crippen molar-refractivity contribution in [3.05, 3.63) is 52.5 Å². The predicted octanol–water partition coefficient (Wildman–Crippen LogP) is 3.12. The molecule has 34 heavy (non-hydrogen) atoms. The van der Waals surface area contributed by atoms with Gasteiger partial charge in [-0.3, -0.25) is 9.69 Å². The summed E-state index contributed by atoms with van der Waals surface area (Å²) in [5.41, 5.74) is 7.72. The number of nitrogens with two attached hydrogens (primary N) is 1. The molecule has 0 aliphatic carbocycles. The number of hydrogen-bond acceptors (Lipinski definition) is 7. The number of nitrogens with one attached hydrogen (secondary N) is 1. The van der Waals surface area contributed by atoms with Crippen LogP contribution in [0.25, 0.3) is 0 Å². The van der Waals surface area contributed by atoms with Crippen molar-refractivity contribution in [2.75, 3.05) is 45.7 Å². The van der Waals surface area contributed by atoms with Gasteiger partial charge < -0.3 is 30.0 Å². The molecule has 2 heterocycles. The van der Waals surface area contributed by atoms with Crippen LogP contribution in [0.2, 0.25) is 5.02 Å². The molecule has 1 amide bonds. The minimum absolute atomic E-state index is 0.0969. The molecule has 184 valence electrons. The van der Waals surface area contributed by atoms with Crippen LogP contribution in [0.15, 0.2) is 36.4 Å². The molecule has 0 unspecified atom stereocenters. The molecule has 0 spiro atoms. The summed E-state index contributed by atoms with van der Waals surface area (Å²) in [5.74, 6) is 0.992. The monoisotopic (exact) mass is 489 g/mol. The Morgan fingerprint density at radius 3 is 2.79 bits per heavy atom. The molecule has 4 rings (SSSR count). The van der Waals surface area contributed by atoms with Crippen LogP contribution in [0, 0.1) is 0 Å². The number of ether oxygens (including phenoxy) is 4. The predicted molar refractivity (Wildman–Crippen MR) is 131 cm³/mol. The number of rotatable bonds is 9. The third-order valence-corrected chi connectivity index (χ3v) is 6.56. The lowest BCUT2D eigenvalue weighted by molar-refractivity contribution is -0.0466. The largest absolute Gasteiger partial charge is 0.497 e. The Morgan fingerprint density at radius 1 is 1.26 bits per heavy atom. The second-order valence-electron chi connectivity index (χ2n) is 8.59. The first-order valence-corrected chi connectivity index (χ1v) is 11.9. The van der Waals surface area contributed by atoms with Crippen LogP contribution < -0.4 is 20.5 Å². The van der Waals surface area contributed by atoms with E-state index in [1.165, 1.54) is 0 Å². The highest BCUT2D eigenvalue weighted by atomic mass is 35.5. The lowest BCUT2D eigenvalue weighted by Crippen LogP contribution is -2.50. The van der Waals surface area contributed by atoms with Crippen molar-refractivity contribution in [2.24, 2.45) is 0 Å². The number of hydrogen-bond donors (Lipinski definition) is 2. The third kappa shape index (κ3) is 5.93. The normalized spacial score (nSPS) is 22.3. The van der Waals surface area contributed by atoms with Gasteiger partial charge in [0.1, 0.15) is 11.5 Å². The molecule has 2 saturated heterocycles. The fourth-order valence-electron chi connectivity index (χ4n) is 4.40. The first-order chi connectivity index (χ1) is 16.5. The van der Waals surface area contributed by atoms with Crippen molar-refractivity contribution in [1.29, 1.82) is 0 Å². The van der Waals surface area contributed by atoms with E-state index in [1.54, 1.807) is 19.2 Å². The van der Waals surface area contributed by atoms with Crippen LogP contribution >= 0.6 is 11.6 Å². The summed E-state index contributed by atoms with van der Waals surface area (Å²) in [4.78, 5) is 15.2. The van der Waals surface area contributed by atoms with Gasteiger partial charge in [0, 0.05) is 31.7 Å². The molecule has 0 saturated carbocycles. The van der Waals surface area contributed by atoms with Gasteiger partial charge in [0.2, 0.25) is 0 Å². The van der Waals surface area contributed by atoms with Gasteiger partial charge in [-0.1, -0.05) is 23.7 Å². The van der Waals surface area contributed by atoms with Gasteiger partial charge in [-0.25, -0.2) is 0 Å². The van der Waals surface area contributed by atoms with Crippen molar-refractivity contribution in [2.45, 2.75) is 38.2 Å². The first-order valence-electron chi connectivity index (χ1n) is 11.6. The quantitative estimate of drug-likeness (QED) is 0.522. The number of nitrogen functional groups attached to an aromatic ring is 1. The summed E-state index contributed by atoms with van der Waals surface area (Å²) in [5, 5.41) is 3.27. The van der Waals surface area contributed by atoms with Crippen molar-refractivity contribution < 1.29 is 23.7 Å². The van der Waals surface area contributed by atoms with E-state index in [0.717, 1.165) is 30.8 Å². The molecule has 8 nitrogen and oxygen atoms in total. The van der Waals surface area contributed by atoms with Gasteiger partial charge in [-0.15, -0.1) is 0 Å². The number of benzene rings is 2. The number of morpholine rings is 1. The number of methoxy groups -OCH3 is 1. The summed E-state index contributed by atoms with van der Waals surface area (Å²) in [7, 11) is 1.66. The number of carbonyl (C=O) groups excluding carboxylic acids is 1. The van der Waals surface area contributed by atoms with Gasteiger partial charge in [-0.05, 0) is 37.1 Å². The zero-order valence-electron chi connectivity index (χ0n) is 19.6. The van der Waals surface area contributed by atoms with Crippen molar-refractivity contribution in [3.63, 3.8) is 0 Å². The van der Waals surface area contributed by atoms with Gasteiger partial charge >= 0.3 is 0 Å². The molecule has 0 aromatic heterocycles. The van der Waals surface area contributed by atoms with Gasteiger partial charge in [0.25, 0.3) is 5.91 Å². The molecule has 3 N–H and O–H groups in total. The Labute approximate surface area is 205 Å². The fraction of sp³-hybridized carbons (Fsp3) is 0.480. The molecule has 2 aromatic carbocycles. The standard InChI is InChI=1S/C25H32ClN3O5/c1-3-32-24-10-23(27)22(26)9-21(24)25(30)28-11-20-13-29-12-19(8-17(29)15-34-20)33-14-16-4-6-18(31-2)7-5-16/h4-7,9-10,17,19-20H,3,8,11-15,27H2,1-2H3,(H,28,30)/t17-,19+,20+/m0/s1. The number of carbonyl (C=O) groups is 1. The summed E-state index contributed by atoms with van der Waals surface area (Å²) >= 11 is 6.12. The maximum Gasteiger partial charge on any atom is 0.255 e. The highest BCUT2D eigenvalue weighted by Gasteiger charge is 2.38. The van der Waals surface area contributed by atoms with Crippen LogP contribution in [-0.4, -0.2) is 69.0 Å². The van der Waals surface area contributed by atoms with Crippen LogP contribution in [-0.2, 0) is 16.1 Å². The Hall–Kier alpha value is -2.52. The molecular weight excluding hydrogens is 458 g/mol. The van der Waals surface area contributed by atoms with Gasteiger partial charge in [0.15, 0.2) is 0 Å². The maximum atomic E-state index is 12.8. The minimum atomic E-state index is -0.266. The van der Waals surface area contributed by atoms with E-state index in [-0.39, 0.29) is 18.1 Å². The minimum Gasteiger partial charge on any atom is -0.497 e. The van der Waals surface area contributed by atoms with Crippen molar-refractivity contribution >= 4 is 23.2 Å². The molecule has 2 aliphatic heterocycles. The van der Waals surface area contributed by atoms with Crippen LogP contribution in [0.1, 0.15) is 29.3 Å². The summed E-state index contributed by atoms with van der Waals surface area (Å²) in [6.45, 7) is 5.47. The lowest BCUT2D eigenvalue weighted by Gasteiger charge is -2.35. The smallest absolute Gasteiger partial charge is 0.255 e. The molecule has 2 aliphatic rings. The number of nitrogens with zero attached hydrogens (tertiary/aromatic N) is 1. The summed E-state index contributed by atoms with van der Waals surface area (Å²) < 4.78 is 23.0. The number of anilines is 1. The van der Waals surface area contributed by atoms with Gasteiger partial charge in [-0.2, -0.15) is 0 Å². The molecular formula is C25H32ClN3O5. The maximum absolute atomic E-state index is 12.8. The second-order valence-corrected chi connectivity index (χ2v) is 9.00. The van der Waals surface area contributed by atoms with E-state index in [1.807, 2.05) is 31.2 Å². The molecule has 3 atom stereocenters. The Balaban J connectivity index is 1.26. The van der Waals surface area contributed by atoms with E-state index in [9.17, 15) is 4.79 Å². The van der Waals surface area contributed by atoms with E-state index < -0.39 is 0 Å². The highest BCUT2D eigenvalue weighted by Crippen LogP contribution is 2.29. The number of amides is 1. The average Bonchev–Trinajstić information content (AvgIpc) is 3.26. The van der Waals surface area contributed by atoms with E-state index in [2.05, 4.69) is 10.2 Å². The van der Waals surface area contributed by atoms with Gasteiger partial charge in [0.05, 0.1) is 55.4 Å². The molecule has 2 fully saturated rings. The molecule has 9 heteroatoms. The molecule has 0 radical (unpaired) electrons. The van der Waals surface area contributed by atoms with Crippen LogP contribution in [0.5, 0.6) is 11.5 Å². The Kier molecular flexibility index (Phi) is 8.15. The number of halogens is 1. The highest BCUT2D eigenvalue weighted by molar-refractivity contribution is 6.33. The molecule has 0 bridgehead atoms. The lowest BCUT2D eigenvalue weighted by atomic mass is 10.1. The SMILES string of the molecule is CCOc1cc(N)c(Cl)cc1C(=O)NC[C@@H]1CN2C[C@H](OCc3ccc(OC)cc3)C[C@H]2CO1. The first kappa shape index (κ1) is 24.6. The van der Waals surface area contributed by atoms with E-state index in [0.29, 0.717) is 54.4 Å². The van der Waals surface area contributed by atoms with Crippen LogP contribution in [0.3, 0.4) is 0 Å². The van der Waals surface area contributed by atoms with Crippen molar-refractivity contribution in [1.82, 2.24) is 10.2 Å². The zero-order chi connectivity index (χ0) is 24.1. The zero-order valence-corrected chi connectivity index (χ0v) is 20.3. The van der Waals surface area contributed by atoms with Crippen molar-refractivity contribution in [3.8, 4) is 11.5 Å². The average molecular weight is 490 g/mol. The van der Waals surface area contributed by atoms with Crippen LogP contribution in [0.4, 0.5) is 5.69 Å². The summed E-state index contributed by atoms with van der Waals surface area (Å²) in [6, 6.07) is 11.4. The third-order valence-electron chi connectivity index (χ3n) is 6.23. The number of fused-ring (bicyclic) bond motifs is 1. The fourth-order valence-corrected chi connectivity index (χ4v) is 4.56. The van der Waals surface area contributed by atoms with E-state index >= 15 is 0 Å². The van der Waals surface area contributed by atoms with E-state index in [4.69, 9.17) is 36.3 Å². The Morgan fingerprint density at radius 2 is 2.06 bits per heavy atom. The molecule has 2 aromatic rings. The topological polar surface area (TPSA) is 95.3 Å².